The van der Waals surface area contributed by atoms with Crippen molar-refractivity contribution in [3.63, 3.8) is 0 Å². The van der Waals surface area contributed by atoms with Crippen molar-refractivity contribution < 1.29 is 17.9 Å². The zero-order valence-corrected chi connectivity index (χ0v) is 12.5. The van der Waals surface area contributed by atoms with Crippen LogP contribution in [0.15, 0.2) is 53.4 Å². The van der Waals surface area contributed by atoms with Gasteiger partial charge in [-0.3, -0.25) is 9.52 Å². The number of hydrogen-bond acceptors (Lipinski definition) is 4. The third-order valence-corrected chi connectivity index (χ3v) is 4.27. The number of carbonyl (C=O) groups is 1. The first-order chi connectivity index (χ1) is 9.94. The number of hydrogen-bond donors (Lipinski definition) is 1. The van der Waals surface area contributed by atoms with Crippen LogP contribution in [0, 0.1) is 0 Å². The van der Waals surface area contributed by atoms with Crippen molar-refractivity contribution in [2.24, 2.45) is 0 Å². The average Bonchev–Trinajstić information content (AvgIpc) is 2.47. The third-order valence-electron chi connectivity index (χ3n) is 2.90. The van der Waals surface area contributed by atoms with Crippen LogP contribution in [0.5, 0.6) is 5.75 Å². The first-order valence-corrected chi connectivity index (χ1v) is 7.69. The third kappa shape index (κ3) is 3.41. The van der Waals surface area contributed by atoms with Crippen LogP contribution in [0.2, 0.25) is 0 Å². The number of ketones is 1. The van der Waals surface area contributed by atoms with Crippen LogP contribution in [0.1, 0.15) is 17.3 Å². The van der Waals surface area contributed by atoms with Gasteiger partial charge in [-0.05, 0) is 31.2 Å². The SMILES string of the molecule is COc1cccc(S(=O)(=O)Nc2ccccc2C(C)=O)c1. The van der Waals surface area contributed by atoms with E-state index in [9.17, 15) is 13.2 Å². The molecule has 6 heteroatoms. The Morgan fingerprint density at radius 2 is 1.81 bits per heavy atom. The Labute approximate surface area is 123 Å². The Balaban J connectivity index is 2.40. The molecule has 2 aromatic carbocycles. The quantitative estimate of drug-likeness (QED) is 0.862. The molecule has 0 aliphatic rings. The van der Waals surface area contributed by atoms with Crippen LogP contribution >= 0.6 is 0 Å². The molecule has 1 N–H and O–H groups in total. The van der Waals surface area contributed by atoms with Gasteiger partial charge in [0.25, 0.3) is 10.0 Å². The molecule has 0 atom stereocenters. The topological polar surface area (TPSA) is 72.5 Å². The van der Waals surface area contributed by atoms with E-state index in [0.717, 1.165) is 0 Å². The standard InChI is InChI=1S/C15H15NO4S/c1-11(17)14-8-3-4-9-15(14)16-21(18,19)13-7-5-6-12(10-13)20-2/h3-10,16H,1-2H3. The second-order valence-corrected chi connectivity index (χ2v) is 6.07. The van der Waals surface area contributed by atoms with Crippen molar-refractivity contribution in [3.05, 3.63) is 54.1 Å². The van der Waals surface area contributed by atoms with Crippen molar-refractivity contribution in [2.45, 2.75) is 11.8 Å². The molecule has 0 aromatic heterocycles. The highest BCUT2D eigenvalue weighted by atomic mass is 32.2. The molecule has 0 amide bonds. The molecule has 0 radical (unpaired) electrons. The Morgan fingerprint density at radius 1 is 1.10 bits per heavy atom. The van der Waals surface area contributed by atoms with Gasteiger partial charge in [0.1, 0.15) is 5.75 Å². The molecule has 0 saturated heterocycles. The Bertz CT molecular complexity index is 769. The summed E-state index contributed by atoms with van der Waals surface area (Å²) in [7, 11) is -2.32. The number of sulfonamides is 1. The molecular formula is C15H15NO4S. The summed E-state index contributed by atoms with van der Waals surface area (Å²) < 4.78 is 32.2. The Morgan fingerprint density at radius 3 is 2.48 bits per heavy atom. The van der Waals surface area contributed by atoms with E-state index in [-0.39, 0.29) is 16.4 Å². The maximum Gasteiger partial charge on any atom is 0.262 e. The molecule has 0 aliphatic heterocycles. The summed E-state index contributed by atoms with van der Waals surface area (Å²) in [5, 5.41) is 0. The van der Waals surface area contributed by atoms with E-state index in [2.05, 4.69) is 4.72 Å². The predicted molar refractivity (Wildman–Crippen MR) is 80.2 cm³/mol. The van der Waals surface area contributed by atoms with E-state index in [4.69, 9.17) is 4.74 Å². The van der Waals surface area contributed by atoms with Crippen LogP contribution < -0.4 is 9.46 Å². The first-order valence-electron chi connectivity index (χ1n) is 6.21. The summed E-state index contributed by atoms with van der Waals surface area (Å²) in [6.45, 7) is 1.39. The highest BCUT2D eigenvalue weighted by molar-refractivity contribution is 7.92. The molecule has 0 aliphatic carbocycles. The normalized spacial score (nSPS) is 11.0. The molecule has 5 nitrogen and oxygen atoms in total. The minimum Gasteiger partial charge on any atom is -0.497 e. The monoisotopic (exact) mass is 305 g/mol. The summed E-state index contributed by atoms with van der Waals surface area (Å²) in [4.78, 5) is 11.6. The lowest BCUT2D eigenvalue weighted by Gasteiger charge is -2.11. The summed E-state index contributed by atoms with van der Waals surface area (Å²) in [6, 6.07) is 12.6. The number of nitrogens with one attached hydrogen (secondary N) is 1. The molecule has 0 bridgehead atoms. The van der Waals surface area contributed by atoms with Gasteiger partial charge in [0.2, 0.25) is 0 Å². The molecule has 0 spiro atoms. The van der Waals surface area contributed by atoms with Crippen LogP contribution in [0.3, 0.4) is 0 Å². The molecule has 2 rings (SSSR count). The maximum atomic E-state index is 12.4. The van der Waals surface area contributed by atoms with E-state index in [0.29, 0.717) is 11.3 Å². The van der Waals surface area contributed by atoms with Crippen molar-refractivity contribution in [2.75, 3.05) is 11.8 Å². The van der Waals surface area contributed by atoms with Gasteiger partial charge >= 0.3 is 0 Å². The van der Waals surface area contributed by atoms with Crippen LogP contribution in [-0.4, -0.2) is 21.3 Å². The largest absolute Gasteiger partial charge is 0.497 e. The molecule has 0 unspecified atom stereocenters. The highest BCUT2D eigenvalue weighted by Crippen LogP contribution is 2.22. The van der Waals surface area contributed by atoms with E-state index in [1.165, 1.54) is 26.2 Å². The van der Waals surface area contributed by atoms with Gasteiger partial charge in [0, 0.05) is 11.6 Å². The number of ether oxygens (including phenoxy) is 1. The number of anilines is 1. The maximum absolute atomic E-state index is 12.4. The van der Waals surface area contributed by atoms with Gasteiger partial charge in [-0.15, -0.1) is 0 Å². The van der Waals surface area contributed by atoms with E-state index in [1.807, 2.05) is 0 Å². The zero-order chi connectivity index (χ0) is 15.5. The number of carbonyl (C=O) groups excluding carboxylic acids is 1. The minimum atomic E-state index is -3.78. The molecule has 110 valence electrons. The van der Waals surface area contributed by atoms with E-state index < -0.39 is 10.0 Å². The van der Waals surface area contributed by atoms with Gasteiger partial charge in [-0.1, -0.05) is 18.2 Å². The molecule has 21 heavy (non-hydrogen) atoms. The van der Waals surface area contributed by atoms with Crippen molar-refractivity contribution in [1.29, 1.82) is 0 Å². The molecular weight excluding hydrogens is 290 g/mol. The molecule has 0 saturated carbocycles. The average molecular weight is 305 g/mol. The fraction of sp³-hybridized carbons (Fsp3) is 0.133. The van der Waals surface area contributed by atoms with Crippen LogP contribution in [0.25, 0.3) is 0 Å². The van der Waals surface area contributed by atoms with Gasteiger partial charge in [-0.25, -0.2) is 8.42 Å². The lowest BCUT2D eigenvalue weighted by atomic mass is 10.1. The first kappa shape index (κ1) is 15.1. The summed E-state index contributed by atoms with van der Waals surface area (Å²) in [5.41, 5.74) is 0.580. The van der Waals surface area contributed by atoms with Crippen molar-refractivity contribution >= 4 is 21.5 Å². The highest BCUT2D eigenvalue weighted by Gasteiger charge is 2.17. The number of para-hydroxylation sites is 1. The fourth-order valence-corrected chi connectivity index (χ4v) is 2.97. The predicted octanol–water partition coefficient (Wildman–Crippen LogP) is 2.70. The number of methoxy groups -OCH3 is 1. The van der Waals surface area contributed by atoms with Crippen molar-refractivity contribution in [3.8, 4) is 5.75 Å². The zero-order valence-electron chi connectivity index (χ0n) is 11.7. The molecule has 0 heterocycles. The lowest BCUT2D eigenvalue weighted by molar-refractivity contribution is 0.101. The summed E-state index contributed by atoms with van der Waals surface area (Å²) >= 11 is 0. The second-order valence-electron chi connectivity index (χ2n) is 4.39. The van der Waals surface area contributed by atoms with Crippen LogP contribution in [-0.2, 0) is 10.0 Å². The number of rotatable bonds is 5. The second kappa shape index (κ2) is 5.97. The number of Topliss-reactive ketones (excluding diaryl/α,β-unsaturated/α-hetero) is 1. The molecule has 0 fully saturated rings. The van der Waals surface area contributed by atoms with E-state index in [1.54, 1.807) is 36.4 Å². The van der Waals surface area contributed by atoms with Crippen molar-refractivity contribution in [1.82, 2.24) is 0 Å². The van der Waals surface area contributed by atoms with Gasteiger partial charge in [-0.2, -0.15) is 0 Å². The summed E-state index contributed by atoms with van der Waals surface area (Å²) in [5.74, 6) is 0.233. The number of benzene rings is 2. The van der Waals surface area contributed by atoms with Crippen LogP contribution in [0.4, 0.5) is 5.69 Å². The lowest BCUT2D eigenvalue weighted by Crippen LogP contribution is -2.15. The van der Waals surface area contributed by atoms with Gasteiger partial charge in [0.15, 0.2) is 5.78 Å². The van der Waals surface area contributed by atoms with Gasteiger partial charge in [0.05, 0.1) is 17.7 Å². The fourth-order valence-electron chi connectivity index (χ4n) is 1.85. The molecule has 2 aromatic rings. The summed E-state index contributed by atoms with van der Waals surface area (Å²) in [6.07, 6.45) is 0. The minimum absolute atomic E-state index is 0.0696. The van der Waals surface area contributed by atoms with Gasteiger partial charge < -0.3 is 4.74 Å². The smallest absolute Gasteiger partial charge is 0.262 e. The van der Waals surface area contributed by atoms with E-state index >= 15 is 0 Å². The Kier molecular flexibility index (Phi) is 4.28. The Hall–Kier alpha value is -2.34.